The van der Waals surface area contributed by atoms with Crippen molar-refractivity contribution in [1.82, 2.24) is 9.88 Å². The Morgan fingerprint density at radius 1 is 1.26 bits per heavy atom. The zero-order valence-corrected chi connectivity index (χ0v) is 10.7. The maximum Gasteiger partial charge on any atom is 0.225 e. The lowest BCUT2D eigenvalue weighted by molar-refractivity contribution is -0.129. The van der Waals surface area contributed by atoms with Gasteiger partial charge in [0.25, 0.3) is 0 Å². The second kappa shape index (κ2) is 3.84. The number of hydrogen-bond acceptors (Lipinski definition) is 2. The summed E-state index contributed by atoms with van der Waals surface area (Å²) >= 11 is 0. The first-order chi connectivity index (χ1) is 9.25. The summed E-state index contributed by atoms with van der Waals surface area (Å²) in [7, 11) is 0. The second-order valence-electron chi connectivity index (χ2n) is 5.63. The Hall–Kier alpha value is -1.81. The highest BCUT2D eigenvalue weighted by Gasteiger charge is 2.46. The molecule has 1 aliphatic carbocycles. The van der Waals surface area contributed by atoms with Crippen LogP contribution >= 0.6 is 0 Å². The molecule has 1 aromatic carbocycles. The van der Waals surface area contributed by atoms with E-state index < -0.39 is 0 Å². The normalized spacial score (nSPS) is 27.4. The molecular formula is C15H17N3O. The lowest BCUT2D eigenvalue weighted by Gasteiger charge is -2.26. The van der Waals surface area contributed by atoms with Crippen LogP contribution < -0.4 is 5.73 Å². The molecule has 2 aliphatic rings. The van der Waals surface area contributed by atoms with Gasteiger partial charge in [-0.25, -0.2) is 0 Å². The molecular weight excluding hydrogens is 238 g/mol. The van der Waals surface area contributed by atoms with Crippen LogP contribution in [0.3, 0.4) is 0 Å². The molecule has 2 unspecified atom stereocenters. The number of hydrogen-bond donors (Lipinski definition) is 2. The summed E-state index contributed by atoms with van der Waals surface area (Å²) in [4.78, 5) is 17.5. The van der Waals surface area contributed by atoms with Crippen molar-refractivity contribution in [3.05, 3.63) is 36.0 Å². The van der Waals surface area contributed by atoms with E-state index in [0.717, 1.165) is 18.4 Å². The van der Waals surface area contributed by atoms with Gasteiger partial charge in [0, 0.05) is 41.2 Å². The van der Waals surface area contributed by atoms with Crippen LogP contribution in [0, 0.1) is 0 Å². The van der Waals surface area contributed by atoms with Crippen molar-refractivity contribution >= 4 is 16.8 Å². The second-order valence-corrected chi connectivity index (χ2v) is 5.63. The SMILES string of the molecule is NC1CC(=O)N(C2CC2)C1c1c[nH]c2ccccc12. The third-order valence-electron chi connectivity index (χ3n) is 4.28. The van der Waals surface area contributed by atoms with Gasteiger partial charge in [-0.3, -0.25) is 4.79 Å². The number of nitrogens with two attached hydrogens (primary N) is 1. The third kappa shape index (κ3) is 1.60. The van der Waals surface area contributed by atoms with Crippen LogP contribution in [-0.4, -0.2) is 27.9 Å². The van der Waals surface area contributed by atoms with E-state index in [0.29, 0.717) is 12.5 Å². The molecule has 1 amide bonds. The average molecular weight is 255 g/mol. The van der Waals surface area contributed by atoms with Crippen molar-refractivity contribution < 1.29 is 4.79 Å². The molecule has 1 aromatic heterocycles. The van der Waals surface area contributed by atoms with Gasteiger partial charge >= 0.3 is 0 Å². The quantitative estimate of drug-likeness (QED) is 0.861. The lowest BCUT2D eigenvalue weighted by atomic mass is 10.00. The van der Waals surface area contributed by atoms with Gasteiger partial charge in [-0.2, -0.15) is 0 Å². The average Bonchev–Trinajstić information content (AvgIpc) is 3.08. The van der Waals surface area contributed by atoms with E-state index in [1.54, 1.807) is 0 Å². The van der Waals surface area contributed by atoms with Gasteiger partial charge in [0.2, 0.25) is 5.91 Å². The molecule has 0 radical (unpaired) electrons. The Morgan fingerprint density at radius 2 is 2.05 bits per heavy atom. The minimum absolute atomic E-state index is 0.0381. The number of H-pyrrole nitrogens is 1. The predicted octanol–water partition coefficient (Wildman–Crippen LogP) is 1.93. The van der Waals surface area contributed by atoms with Gasteiger partial charge in [-0.05, 0) is 18.9 Å². The number of rotatable bonds is 2. The summed E-state index contributed by atoms with van der Waals surface area (Å²) in [5.74, 6) is 0.213. The number of likely N-dealkylation sites (tertiary alicyclic amines) is 1. The Bertz CT molecular complexity index is 644. The minimum atomic E-state index is -0.0905. The molecule has 2 aromatic rings. The summed E-state index contributed by atoms with van der Waals surface area (Å²) in [5, 5.41) is 1.18. The summed E-state index contributed by atoms with van der Waals surface area (Å²) in [6.07, 6.45) is 4.73. The number of nitrogens with zero attached hydrogens (tertiary/aromatic N) is 1. The van der Waals surface area contributed by atoms with Crippen molar-refractivity contribution in [1.29, 1.82) is 0 Å². The number of amides is 1. The van der Waals surface area contributed by atoms with E-state index in [4.69, 9.17) is 5.73 Å². The van der Waals surface area contributed by atoms with E-state index in [-0.39, 0.29) is 18.0 Å². The molecule has 2 atom stereocenters. The summed E-state index contributed by atoms with van der Waals surface area (Å²) in [6, 6.07) is 8.57. The molecule has 98 valence electrons. The summed E-state index contributed by atoms with van der Waals surface area (Å²) < 4.78 is 0. The van der Waals surface area contributed by atoms with E-state index in [2.05, 4.69) is 17.1 Å². The van der Waals surface area contributed by atoms with Crippen molar-refractivity contribution in [3.8, 4) is 0 Å². The molecule has 19 heavy (non-hydrogen) atoms. The maximum absolute atomic E-state index is 12.1. The van der Waals surface area contributed by atoms with E-state index >= 15 is 0 Å². The smallest absolute Gasteiger partial charge is 0.225 e. The zero-order chi connectivity index (χ0) is 13.0. The van der Waals surface area contributed by atoms with Gasteiger partial charge in [0.1, 0.15) is 0 Å². The molecule has 2 fully saturated rings. The van der Waals surface area contributed by atoms with Crippen molar-refractivity contribution in [2.24, 2.45) is 5.73 Å². The number of fused-ring (bicyclic) bond motifs is 1. The first-order valence-corrected chi connectivity index (χ1v) is 6.88. The first-order valence-electron chi connectivity index (χ1n) is 6.88. The van der Waals surface area contributed by atoms with E-state index in [1.807, 2.05) is 23.2 Å². The predicted molar refractivity (Wildman–Crippen MR) is 73.5 cm³/mol. The van der Waals surface area contributed by atoms with Crippen LogP contribution in [0.25, 0.3) is 10.9 Å². The zero-order valence-electron chi connectivity index (χ0n) is 10.7. The van der Waals surface area contributed by atoms with E-state index in [9.17, 15) is 4.79 Å². The highest BCUT2D eigenvalue weighted by atomic mass is 16.2. The minimum Gasteiger partial charge on any atom is -0.361 e. The number of aromatic nitrogens is 1. The van der Waals surface area contributed by atoms with Gasteiger partial charge in [0.05, 0.1) is 6.04 Å². The summed E-state index contributed by atoms with van der Waals surface area (Å²) in [5.41, 5.74) is 8.51. The number of aromatic amines is 1. The molecule has 2 heterocycles. The lowest BCUT2D eigenvalue weighted by Crippen LogP contribution is -2.34. The van der Waals surface area contributed by atoms with Crippen LogP contribution in [-0.2, 0) is 4.79 Å². The van der Waals surface area contributed by atoms with Crippen LogP contribution in [0.15, 0.2) is 30.5 Å². The monoisotopic (exact) mass is 255 g/mol. The van der Waals surface area contributed by atoms with Crippen molar-refractivity contribution in [2.45, 2.75) is 37.4 Å². The molecule has 0 spiro atoms. The van der Waals surface area contributed by atoms with Crippen LogP contribution in [0.2, 0.25) is 0 Å². The largest absolute Gasteiger partial charge is 0.361 e. The summed E-state index contributed by atoms with van der Waals surface area (Å²) in [6.45, 7) is 0. The van der Waals surface area contributed by atoms with E-state index in [1.165, 1.54) is 10.9 Å². The fraction of sp³-hybridized carbons (Fsp3) is 0.400. The Labute approximate surface area is 111 Å². The van der Waals surface area contributed by atoms with Gasteiger partial charge in [-0.1, -0.05) is 18.2 Å². The van der Waals surface area contributed by atoms with Crippen LogP contribution in [0.4, 0.5) is 0 Å². The fourth-order valence-electron chi connectivity index (χ4n) is 3.28. The van der Waals surface area contributed by atoms with Crippen LogP contribution in [0.5, 0.6) is 0 Å². The number of carbonyl (C=O) groups is 1. The number of nitrogens with one attached hydrogen (secondary N) is 1. The molecule has 4 nitrogen and oxygen atoms in total. The van der Waals surface area contributed by atoms with Crippen LogP contribution in [0.1, 0.15) is 30.9 Å². The first kappa shape index (κ1) is 11.1. The van der Waals surface area contributed by atoms with Crippen molar-refractivity contribution in [3.63, 3.8) is 0 Å². The number of para-hydroxylation sites is 1. The molecule has 4 heteroatoms. The highest BCUT2D eigenvalue weighted by molar-refractivity contribution is 5.87. The van der Waals surface area contributed by atoms with Crippen molar-refractivity contribution in [2.75, 3.05) is 0 Å². The molecule has 1 saturated carbocycles. The maximum atomic E-state index is 12.1. The standard InChI is InChI=1S/C15H17N3O/c16-12-7-14(19)18(9-5-6-9)15(12)11-8-17-13-4-2-1-3-10(11)13/h1-4,8-9,12,15,17H,5-7,16H2. The Balaban J connectivity index is 1.83. The van der Waals surface area contributed by atoms with Gasteiger partial charge < -0.3 is 15.6 Å². The number of benzene rings is 1. The third-order valence-corrected chi connectivity index (χ3v) is 4.28. The molecule has 1 aliphatic heterocycles. The molecule has 3 N–H and O–H groups in total. The molecule has 0 bridgehead atoms. The van der Waals surface area contributed by atoms with Gasteiger partial charge in [-0.15, -0.1) is 0 Å². The Morgan fingerprint density at radius 3 is 2.84 bits per heavy atom. The van der Waals surface area contributed by atoms with Gasteiger partial charge in [0.15, 0.2) is 0 Å². The molecule has 1 saturated heterocycles. The topological polar surface area (TPSA) is 62.1 Å². The Kier molecular flexibility index (Phi) is 2.23. The fourth-order valence-corrected chi connectivity index (χ4v) is 3.28. The highest BCUT2D eigenvalue weighted by Crippen LogP contribution is 2.42. The molecule has 4 rings (SSSR count). The number of carbonyl (C=O) groups excluding carboxylic acids is 1.